The summed E-state index contributed by atoms with van der Waals surface area (Å²) >= 11 is 6.02. The zero-order valence-electron chi connectivity index (χ0n) is 15.1. The second kappa shape index (κ2) is 8.74. The molecule has 1 unspecified atom stereocenters. The highest BCUT2D eigenvalue weighted by molar-refractivity contribution is 6.32. The average molecular weight is 371 g/mol. The molecule has 1 heterocycles. The Hall–Kier alpha value is -1.50. The molecule has 7 heteroatoms. The van der Waals surface area contributed by atoms with Gasteiger partial charge in [0.2, 0.25) is 0 Å². The molecule has 1 aliphatic rings. The van der Waals surface area contributed by atoms with Crippen molar-refractivity contribution in [2.75, 3.05) is 39.3 Å². The van der Waals surface area contributed by atoms with Crippen LogP contribution in [0.3, 0.4) is 0 Å². The highest BCUT2D eigenvalue weighted by Gasteiger charge is 2.26. The third-order valence-electron chi connectivity index (χ3n) is 3.76. The molecule has 1 saturated heterocycles. The number of aliphatic hydroxyl groups excluding tert-OH is 1. The van der Waals surface area contributed by atoms with Gasteiger partial charge in [-0.1, -0.05) is 23.7 Å². The summed E-state index contributed by atoms with van der Waals surface area (Å²) in [6.07, 6.45) is -0.904. The molecule has 0 bridgehead atoms. The predicted octanol–water partition coefficient (Wildman–Crippen LogP) is 2.63. The van der Waals surface area contributed by atoms with Crippen molar-refractivity contribution in [2.45, 2.75) is 32.5 Å². The monoisotopic (exact) mass is 370 g/mol. The number of benzene rings is 1. The number of nitrogens with zero attached hydrogens (tertiary/aromatic N) is 2. The van der Waals surface area contributed by atoms with Crippen molar-refractivity contribution in [2.24, 2.45) is 0 Å². The number of carbonyl (C=O) groups is 1. The van der Waals surface area contributed by atoms with Crippen LogP contribution in [0.25, 0.3) is 0 Å². The summed E-state index contributed by atoms with van der Waals surface area (Å²) < 4.78 is 10.9. The number of amides is 1. The van der Waals surface area contributed by atoms with Crippen LogP contribution >= 0.6 is 11.6 Å². The van der Waals surface area contributed by atoms with Gasteiger partial charge in [0.05, 0.1) is 5.02 Å². The highest BCUT2D eigenvalue weighted by Crippen LogP contribution is 2.23. The van der Waals surface area contributed by atoms with Crippen molar-refractivity contribution in [3.05, 3.63) is 29.3 Å². The first kappa shape index (κ1) is 19.8. The molecule has 6 nitrogen and oxygen atoms in total. The summed E-state index contributed by atoms with van der Waals surface area (Å²) in [4.78, 5) is 15.9. The standard InChI is InChI=1S/C18H27ClN2O4/c1-18(2,3)25-17(23)21-10-8-20(9-11-21)12-14(22)13-24-16-7-5-4-6-15(16)19/h4-7,14,22H,8-13H2,1-3H3. The molecule has 0 aliphatic carbocycles. The number of hydrogen-bond acceptors (Lipinski definition) is 5. The van der Waals surface area contributed by atoms with Gasteiger partial charge in [-0.2, -0.15) is 0 Å². The molecule has 2 rings (SSSR count). The lowest BCUT2D eigenvalue weighted by atomic mass is 10.2. The van der Waals surface area contributed by atoms with E-state index in [0.717, 1.165) is 0 Å². The number of piperazine rings is 1. The SMILES string of the molecule is CC(C)(C)OC(=O)N1CCN(CC(O)COc2ccccc2Cl)CC1. The molecular formula is C18H27ClN2O4. The average Bonchev–Trinajstić information content (AvgIpc) is 2.53. The van der Waals surface area contributed by atoms with Crippen LogP contribution in [0.5, 0.6) is 5.75 Å². The zero-order valence-corrected chi connectivity index (χ0v) is 15.8. The maximum atomic E-state index is 12.0. The van der Waals surface area contributed by atoms with E-state index < -0.39 is 11.7 Å². The minimum absolute atomic E-state index is 0.177. The van der Waals surface area contributed by atoms with Crippen molar-refractivity contribution in [3.8, 4) is 5.75 Å². The van der Waals surface area contributed by atoms with Crippen LogP contribution in [0.1, 0.15) is 20.8 Å². The molecular weight excluding hydrogens is 344 g/mol. The predicted molar refractivity (Wildman–Crippen MR) is 97.2 cm³/mol. The van der Waals surface area contributed by atoms with E-state index in [1.165, 1.54) is 0 Å². The van der Waals surface area contributed by atoms with E-state index in [1.807, 2.05) is 32.9 Å². The number of aliphatic hydroxyl groups is 1. The Labute approximate surface area is 154 Å². The lowest BCUT2D eigenvalue weighted by Gasteiger charge is -2.36. The van der Waals surface area contributed by atoms with Gasteiger partial charge < -0.3 is 19.5 Å². The molecule has 1 N–H and O–H groups in total. The lowest BCUT2D eigenvalue weighted by Crippen LogP contribution is -2.51. The van der Waals surface area contributed by atoms with Crippen LogP contribution in [-0.2, 0) is 4.74 Å². The number of hydrogen-bond donors (Lipinski definition) is 1. The number of halogens is 1. The number of ether oxygens (including phenoxy) is 2. The van der Waals surface area contributed by atoms with E-state index in [0.29, 0.717) is 43.5 Å². The fourth-order valence-corrected chi connectivity index (χ4v) is 2.73. The largest absolute Gasteiger partial charge is 0.489 e. The second-order valence-electron chi connectivity index (χ2n) is 7.16. The fraction of sp³-hybridized carbons (Fsp3) is 0.611. The fourth-order valence-electron chi connectivity index (χ4n) is 2.54. The minimum atomic E-state index is -0.621. The molecule has 0 saturated carbocycles. The molecule has 1 atom stereocenters. The molecule has 0 aromatic heterocycles. The van der Waals surface area contributed by atoms with Crippen molar-refractivity contribution in [1.29, 1.82) is 0 Å². The van der Waals surface area contributed by atoms with E-state index >= 15 is 0 Å². The first-order valence-corrected chi connectivity index (χ1v) is 8.88. The van der Waals surface area contributed by atoms with Gasteiger partial charge in [0, 0.05) is 32.7 Å². The second-order valence-corrected chi connectivity index (χ2v) is 7.57. The Balaban J connectivity index is 1.71. The van der Waals surface area contributed by atoms with Crippen molar-refractivity contribution < 1.29 is 19.4 Å². The Bertz CT molecular complexity index is 568. The minimum Gasteiger partial charge on any atom is -0.489 e. The zero-order chi connectivity index (χ0) is 18.4. The summed E-state index contributed by atoms with van der Waals surface area (Å²) in [5.74, 6) is 0.568. The van der Waals surface area contributed by atoms with E-state index in [-0.39, 0.29) is 12.7 Å². The van der Waals surface area contributed by atoms with Crippen LogP contribution in [-0.4, -0.2) is 72.0 Å². The maximum Gasteiger partial charge on any atom is 0.410 e. The highest BCUT2D eigenvalue weighted by atomic mass is 35.5. The Morgan fingerprint density at radius 1 is 1.24 bits per heavy atom. The van der Waals surface area contributed by atoms with Gasteiger partial charge in [0.1, 0.15) is 24.1 Å². The number of rotatable bonds is 5. The van der Waals surface area contributed by atoms with Crippen molar-refractivity contribution in [3.63, 3.8) is 0 Å². The van der Waals surface area contributed by atoms with Crippen LogP contribution in [0.15, 0.2) is 24.3 Å². The summed E-state index contributed by atoms with van der Waals surface area (Å²) in [6.45, 7) is 8.82. The number of β-amino-alcohol motifs (C(OH)–C–C–N with tert-alkyl or cyclic N) is 1. The topological polar surface area (TPSA) is 62.2 Å². The van der Waals surface area contributed by atoms with E-state index in [9.17, 15) is 9.90 Å². The molecule has 0 spiro atoms. The van der Waals surface area contributed by atoms with E-state index in [2.05, 4.69) is 4.90 Å². The first-order chi connectivity index (χ1) is 11.7. The van der Waals surface area contributed by atoms with Crippen molar-refractivity contribution >= 4 is 17.7 Å². The Morgan fingerprint density at radius 3 is 2.48 bits per heavy atom. The van der Waals surface area contributed by atoms with Crippen molar-refractivity contribution in [1.82, 2.24) is 9.80 Å². The lowest BCUT2D eigenvalue weighted by molar-refractivity contribution is 0.00713. The number of carbonyl (C=O) groups excluding carboxylic acids is 1. The number of para-hydroxylation sites is 1. The summed E-state index contributed by atoms with van der Waals surface area (Å²) in [5.41, 5.74) is -0.486. The summed E-state index contributed by atoms with van der Waals surface area (Å²) in [6, 6.07) is 7.19. The normalized spacial score (nSPS) is 17.2. The van der Waals surface area contributed by atoms with Gasteiger partial charge in [-0.3, -0.25) is 4.90 Å². The third kappa shape index (κ3) is 6.72. The van der Waals surface area contributed by atoms with E-state index in [4.69, 9.17) is 21.1 Å². The van der Waals surface area contributed by atoms with Gasteiger partial charge in [-0.25, -0.2) is 4.79 Å². The van der Waals surface area contributed by atoms with E-state index in [1.54, 1.807) is 17.0 Å². The smallest absolute Gasteiger partial charge is 0.410 e. The molecule has 1 aromatic rings. The molecule has 1 aromatic carbocycles. The van der Waals surface area contributed by atoms with Gasteiger partial charge in [0.25, 0.3) is 0 Å². The molecule has 140 valence electrons. The van der Waals surface area contributed by atoms with Crippen LogP contribution in [0, 0.1) is 0 Å². The van der Waals surface area contributed by atoms with Gasteiger partial charge >= 0.3 is 6.09 Å². The van der Waals surface area contributed by atoms with Gasteiger partial charge in [-0.05, 0) is 32.9 Å². The van der Waals surface area contributed by atoms with Crippen LogP contribution in [0.4, 0.5) is 4.79 Å². The summed E-state index contributed by atoms with van der Waals surface area (Å²) in [7, 11) is 0. The quantitative estimate of drug-likeness (QED) is 0.863. The van der Waals surface area contributed by atoms with Crippen LogP contribution < -0.4 is 4.74 Å². The third-order valence-corrected chi connectivity index (χ3v) is 4.07. The molecule has 1 amide bonds. The van der Waals surface area contributed by atoms with Gasteiger partial charge in [-0.15, -0.1) is 0 Å². The maximum absolute atomic E-state index is 12.0. The van der Waals surface area contributed by atoms with Crippen LogP contribution in [0.2, 0.25) is 5.02 Å². The Kier molecular flexibility index (Phi) is 6.93. The molecule has 0 radical (unpaired) electrons. The molecule has 1 fully saturated rings. The summed E-state index contributed by atoms with van der Waals surface area (Å²) in [5, 5.41) is 10.7. The molecule has 1 aliphatic heterocycles. The molecule has 25 heavy (non-hydrogen) atoms. The Morgan fingerprint density at radius 2 is 1.88 bits per heavy atom. The van der Waals surface area contributed by atoms with Gasteiger partial charge in [0.15, 0.2) is 0 Å². The first-order valence-electron chi connectivity index (χ1n) is 8.50.